The van der Waals surface area contributed by atoms with E-state index in [-0.39, 0.29) is 11.9 Å². The molecule has 6 nitrogen and oxygen atoms in total. The molecule has 0 saturated carbocycles. The van der Waals surface area contributed by atoms with Crippen LogP contribution in [0.15, 0.2) is 0 Å². The van der Waals surface area contributed by atoms with E-state index in [1.807, 2.05) is 19.1 Å². The van der Waals surface area contributed by atoms with Gasteiger partial charge in [-0.2, -0.15) is 10.5 Å². The van der Waals surface area contributed by atoms with Crippen molar-refractivity contribution in [1.29, 1.82) is 10.5 Å². The Morgan fingerprint density at radius 2 is 2.00 bits per heavy atom. The maximum atomic E-state index is 12.3. The lowest BCUT2D eigenvalue weighted by molar-refractivity contribution is -0.132. The average Bonchev–Trinajstić information content (AvgIpc) is 2.47. The van der Waals surface area contributed by atoms with E-state index >= 15 is 0 Å². The predicted octanol–water partition coefficient (Wildman–Crippen LogP) is 0.702. The third-order valence-corrected chi connectivity index (χ3v) is 3.98. The van der Waals surface area contributed by atoms with Crippen LogP contribution in [-0.2, 0) is 4.79 Å². The minimum absolute atomic E-state index is 0.00539. The first kappa shape index (κ1) is 17.4. The first-order chi connectivity index (χ1) is 10.1. The van der Waals surface area contributed by atoms with Crippen LogP contribution >= 0.6 is 0 Å². The molecule has 0 radical (unpaired) electrons. The zero-order valence-corrected chi connectivity index (χ0v) is 12.8. The molecule has 6 heteroatoms. The Balaban J connectivity index is 2.51. The van der Waals surface area contributed by atoms with Gasteiger partial charge in [-0.05, 0) is 32.2 Å². The lowest BCUT2D eigenvalue weighted by Gasteiger charge is -2.35. The molecule has 0 aromatic carbocycles. The standard InChI is InChI=1S/C15H25N5O/c1-13(18)14-5-2-8-19(11-14)12-15(21)20(9-3-6-16)10-4-7-17/h13-14H,2-5,8-12,18H2,1H3. The molecule has 1 aliphatic rings. The maximum Gasteiger partial charge on any atom is 0.236 e. The molecule has 0 aliphatic carbocycles. The van der Waals surface area contributed by atoms with Crippen LogP contribution in [0.2, 0.25) is 0 Å². The average molecular weight is 291 g/mol. The fraction of sp³-hybridized carbons (Fsp3) is 0.800. The van der Waals surface area contributed by atoms with Crippen LogP contribution in [-0.4, -0.2) is 54.5 Å². The zero-order valence-electron chi connectivity index (χ0n) is 12.8. The highest BCUT2D eigenvalue weighted by Crippen LogP contribution is 2.18. The molecule has 0 spiro atoms. The molecule has 1 amide bonds. The monoisotopic (exact) mass is 291 g/mol. The number of likely N-dealkylation sites (tertiary alicyclic amines) is 1. The number of carbonyl (C=O) groups is 1. The molecule has 116 valence electrons. The van der Waals surface area contributed by atoms with Crippen molar-refractivity contribution in [2.24, 2.45) is 11.7 Å². The van der Waals surface area contributed by atoms with Crippen molar-refractivity contribution >= 4 is 5.91 Å². The van der Waals surface area contributed by atoms with Crippen LogP contribution in [0.25, 0.3) is 0 Å². The van der Waals surface area contributed by atoms with Gasteiger partial charge in [0.1, 0.15) is 0 Å². The second-order valence-electron chi connectivity index (χ2n) is 5.69. The summed E-state index contributed by atoms with van der Waals surface area (Å²) in [6.45, 7) is 4.96. The van der Waals surface area contributed by atoms with Crippen LogP contribution in [0.1, 0.15) is 32.6 Å². The second-order valence-corrected chi connectivity index (χ2v) is 5.69. The normalized spacial score (nSPS) is 20.3. The van der Waals surface area contributed by atoms with Gasteiger partial charge in [0, 0.05) is 25.7 Å². The molecule has 1 fully saturated rings. The third kappa shape index (κ3) is 6.12. The Labute approximate surface area is 127 Å². The van der Waals surface area contributed by atoms with E-state index in [9.17, 15) is 4.79 Å². The molecule has 0 aromatic heterocycles. The van der Waals surface area contributed by atoms with Crippen molar-refractivity contribution in [3.05, 3.63) is 0 Å². The molecular formula is C15H25N5O. The van der Waals surface area contributed by atoms with Crippen molar-refractivity contribution < 1.29 is 4.79 Å². The summed E-state index contributed by atoms with van der Waals surface area (Å²) in [5, 5.41) is 17.3. The summed E-state index contributed by atoms with van der Waals surface area (Å²) in [6.07, 6.45) is 2.80. The van der Waals surface area contributed by atoms with Gasteiger partial charge < -0.3 is 10.6 Å². The van der Waals surface area contributed by atoms with Crippen LogP contribution in [0, 0.1) is 28.6 Å². The number of hydrogen-bond donors (Lipinski definition) is 1. The Bertz CT molecular complexity index is 391. The van der Waals surface area contributed by atoms with E-state index in [2.05, 4.69) is 4.90 Å². The quantitative estimate of drug-likeness (QED) is 0.744. The minimum atomic E-state index is 0.00539. The number of nitrogens with two attached hydrogens (primary N) is 1. The molecule has 2 N–H and O–H groups in total. The maximum absolute atomic E-state index is 12.3. The Morgan fingerprint density at radius 1 is 1.38 bits per heavy atom. The number of carbonyl (C=O) groups excluding carboxylic acids is 1. The zero-order chi connectivity index (χ0) is 15.7. The molecule has 1 heterocycles. The van der Waals surface area contributed by atoms with Gasteiger partial charge in [0.15, 0.2) is 0 Å². The van der Waals surface area contributed by atoms with Gasteiger partial charge in [-0.25, -0.2) is 0 Å². The number of nitriles is 2. The van der Waals surface area contributed by atoms with Crippen molar-refractivity contribution in [1.82, 2.24) is 9.80 Å². The summed E-state index contributed by atoms with van der Waals surface area (Å²) < 4.78 is 0. The van der Waals surface area contributed by atoms with Gasteiger partial charge in [-0.1, -0.05) is 0 Å². The van der Waals surface area contributed by atoms with E-state index in [1.54, 1.807) is 4.90 Å². The topological polar surface area (TPSA) is 97.2 Å². The van der Waals surface area contributed by atoms with Gasteiger partial charge in [0.05, 0.1) is 31.5 Å². The number of rotatable bonds is 7. The first-order valence-electron chi connectivity index (χ1n) is 7.58. The van der Waals surface area contributed by atoms with Gasteiger partial charge in [0.25, 0.3) is 0 Å². The van der Waals surface area contributed by atoms with Gasteiger partial charge in [-0.15, -0.1) is 0 Å². The third-order valence-electron chi connectivity index (χ3n) is 3.98. The SMILES string of the molecule is CC(N)C1CCCN(CC(=O)N(CCC#N)CCC#N)C1. The second kappa shape index (κ2) is 9.33. The summed E-state index contributed by atoms with van der Waals surface area (Å²) in [7, 11) is 0. The highest BCUT2D eigenvalue weighted by molar-refractivity contribution is 5.78. The highest BCUT2D eigenvalue weighted by atomic mass is 16.2. The summed E-state index contributed by atoms with van der Waals surface area (Å²) >= 11 is 0. The van der Waals surface area contributed by atoms with Crippen LogP contribution in [0.3, 0.4) is 0 Å². The predicted molar refractivity (Wildman–Crippen MR) is 79.9 cm³/mol. The highest BCUT2D eigenvalue weighted by Gasteiger charge is 2.25. The Hall–Kier alpha value is -1.63. The lowest BCUT2D eigenvalue weighted by Crippen LogP contribution is -2.47. The first-order valence-corrected chi connectivity index (χ1v) is 7.58. The number of hydrogen-bond acceptors (Lipinski definition) is 5. The summed E-state index contributed by atoms with van der Waals surface area (Å²) in [4.78, 5) is 16.1. The summed E-state index contributed by atoms with van der Waals surface area (Å²) in [6, 6.07) is 4.25. The summed E-state index contributed by atoms with van der Waals surface area (Å²) in [5.41, 5.74) is 5.96. The molecule has 0 bridgehead atoms. The van der Waals surface area contributed by atoms with Gasteiger partial charge >= 0.3 is 0 Å². The van der Waals surface area contributed by atoms with E-state index < -0.39 is 0 Å². The molecule has 2 atom stereocenters. The fourth-order valence-corrected chi connectivity index (χ4v) is 2.69. The van der Waals surface area contributed by atoms with Gasteiger partial charge in [-0.3, -0.25) is 9.69 Å². The largest absolute Gasteiger partial charge is 0.340 e. The van der Waals surface area contributed by atoms with Crippen molar-refractivity contribution in [3.8, 4) is 12.1 Å². The van der Waals surface area contributed by atoms with Gasteiger partial charge in [0.2, 0.25) is 5.91 Å². The van der Waals surface area contributed by atoms with Crippen molar-refractivity contribution in [2.45, 2.75) is 38.6 Å². The van der Waals surface area contributed by atoms with Crippen molar-refractivity contribution in [3.63, 3.8) is 0 Å². The molecule has 0 aromatic rings. The smallest absolute Gasteiger partial charge is 0.236 e. The van der Waals surface area contributed by atoms with Crippen LogP contribution < -0.4 is 5.73 Å². The minimum Gasteiger partial charge on any atom is -0.340 e. The van der Waals surface area contributed by atoms with E-state index in [1.165, 1.54) is 0 Å². The molecule has 21 heavy (non-hydrogen) atoms. The molecule has 2 unspecified atom stereocenters. The van der Waals surface area contributed by atoms with Crippen LogP contribution in [0.4, 0.5) is 0 Å². The number of nitrogens with zero attached hydrogens (tertiary/aromatic N) is 4. The lowest BCUT2D eigenvalue weighted by atomic mass is 9.92. The number of piperidine rings is 1. The van der Waals surface area contributed by atoms with Crippen LogP contribution in [0.5, 0.6) is 0 Å². The summed E-state index contributed by atoms with van der Waals surface area (Å²) in [5.74, 6) is 0.448. The van der Waals surface area contributed by atoms with E-state index in [0.29, 0.717) is 38.4 Å². The van der Waals surface area contributed by atoms with E-state index in [0.717, 1.165) is 25.9 Å². The molecule has 1 saturated heterocycles. The number of amides is 1. The molecule has 1 rings (SSSR count). The molecular weight excluding hydrogens is 266 g/mol. The molecule has 1 aliphatic heterocycles. The van der Waals surface area contributed by atoms with E-state index in [4.69, 9.17) is 16.3 Å². The van der Waals surface area contributed by atoms with Crippen molar-refractivity contribution in [2.75, 3.05) is 32.7 Å². The Morgan fingerprint density at radius 3 is 2.52 bits per heavy atom. The Kier molecular flexibility index (Phi) is 7.74. The fourth-order valence-electron chi connectivity index (χ4n) is 2.69.